The Kier molecular flexibility index (Phi) is 3.85. The topological polar surface area (TPSA) is 41.6 Å². The lowest BCUT2D eigenvalue weighted by Crippen LogP contribution is -2.01. The molecule has 1 aromatic heterocycles. The van der Waals surface area contributed by atoms with E-state index in [1.165, 1.54) is 0 Å². The summed E-state index contributed by atoms with van der Waals surface area (Å²) in [5.74, 6) is 0.907. The van der Waals surface area contributed by atoms with Crippen LogP contribution in [0.3, 0.4) is 0 Å². The van der Waals surface area contributed by atoms with E-state index >= 15 is 0 Å². The lowest BCUT2D eigenvalue weighted by Gasteiger charge is -2.09. The van der Waals surface area contributed by atoms with E-state index in [1.807, 2.05) is 54.7 Å². The molecule has 0 atom stereocenters. The first kappa shape index (κ1) is 13.6. The van der Waals surface area contributed by atoms with Crippen LogP contribution in [0.5, 0.6) is 0 Å². The predicted molar refractivity (Wildman–Crippen MR) is 85.6 cm³/mol. The van der Waals surface area contributed by atoms with Crippen molar-refractivity contribution in [2.45, 2.75) is 6.54 Å². The van der Waals surface area contributed by atoms with Crippen LogP contribution in [0, 0.1) is 11.3 Å². The van der Waals surface area contributed by atoms with Crippen LogP contribution in [0.2, 0.25) is 0 Å². The molecule has 2 aromatic carbocycles. The van der Waals surface area contributed by atoms with E-state index in [4.69, 9.17) is 5.26 Å². The smallest absolute Gasteiger partial charge is 0.141 e. The van der Waals surface area contributed by atoms with Gasteiger partial charge in [-0.15, -0.1) is 0 Å². The normalized spacial score (nSPS) is 10.3. The van der Waals surface area contributed by atoms with E-state index in [0.717, 1.165) is 21.4 Å². The summed E-state index contributed by atoms with van der Waals surface area (Å²) in [5, 5.41) is 8.98. The number of rotatable bonds is 3. The van der Waals surface area contributed by atoms with Crippen LogP contribution < -0.4 is 0 Å². The molecule has 0 bridgehead atoms. The minimum Gasteiger partial charge on any atom is -0.327 e. The van der Waals surface area contributed by atoms with Gasteiger partial charge in [-0.1, -0.05) is 46.3 Å². The van der Waals surface area contributed by atoms with Gasteiger partial charge in [0.2, 0.25) is 0 Å². The van der Waals surface area contributed by atoms with Crippen LogP contribution in [-0.4, -0.2) is 9.55 Å². The van der Waals surface area contributed by atoms with Gasteiger partial charge in [0, 0.05) is 29.0 Å². The van der Waals surface area contributed by atoms with Crippen molar-refractivity contribution in [2.24, 2.45) is 0 Å². The van der Waals surface area contributed by atoms with Gasteiger partial charge in [0.25, 0.3) is 0 Å². The monoisotopic (exact) mass is 337 g/mol. The standard InChI is InChI=1S/C17H12BrN3/c18-16-7-2-1-6-15(16)17-20-8-9-21(17)12-14-5-3-4-13(10-14)11-19/h1-10H,12H2. The van der Waals surface area contributed by atoms with Crippen molar-refractivity contribution >= 4 is 15.9 Å². The van der Waals surface area contributed by atoms with E-state index in [1.54, 1.807) is 6.20 Å². The van der Waals surface area contributed by atoms with E-state index in [2.05, 4.69) is 31.6 Å². The fourth-order valence-electron chi connectivity index (χ4n) is 2.26. The van der Waals surface area contributed by atoms with Gasteiger partial charge in [0.15, 0.2) is 0 Å². The second kappa shape index (κ2) is 5.94. The second-order valence-corrected chi connectivity index (χ2v) is 5.53. The Morgan fingerprint density at radius 2 is 2.00 bits per heavy atom. The number of halogens is 1. The van der Waals surface area contributed by atoms with Crippen molar-refractivity contribution in [3.63, 3.8) is 0 Å². The largest absolute Gasteiger partial charge is 0.327 e. The van der Waals surface area contributed by atoms with Crippen LogP contribution in [0.25, 0.3) is 11.4 Å². The molecule has 0 fully saturated rings. The van der Waals surface area contributed by atoms with Crippen molar-refractivity contribution in [1.82, 2.24) is 9.55 Å². The van der Waals surface area contributed by atoms with Crippen molar-refractivity contribution in [3.05, 3.63) is 76.5 Å². The van der Waals surface area contributed by atoms with Crippen LogP contribution in [0.1, 0.15) is 11.1 Å². The molecule has 0 aliphatic rings. The highest BCUT2D eigenvalue weighted by Gasteiger charge is 2.09. The maximum Gasteiger partial charge on any atom is 0.141 e. The summed E-state index contributed by atoms with van der Waals surface area (Å²) < 4.78 is 3.10. The third-order valence-electron chi connectivity index (χ3n) is 3.24. The van der Waals surface area contributed by atoms with Gasteiger partial charge >= 0.3 is 0 Å². The lowest BCUT2D eigenvalue weighted by molar-refractivity contribution is 0.806. The van der Waals surface area contributed by atoms with Gasteiger partial charge in [0.1, 0.15) is 5.82 Å². The minimum atomic E-state index is 0.676. The third-order valence-corrected chi connectivity index (χ3v) is 3.93. The van der Waals surface area contributed by atoms with E-state index in [0.29, 0.717) is 12.1 Å². The molecule has 0 aliphatic carbocycles. The van der Waals surface area contributed by atoms with E-state index in [-0.39, 0.29) is 0 Å². The molecule has 3 nitrogen and oxygen atoms in total. The van der Waals surface area contributed by atoms with Gasteiger partial charge in [-0.05, 0) is 23.8 Å². The molecule has 0 spiro atoms. The highest BCUT2D eigenvalue weighted by atomic mass is 79.9. The molecular formula is C17H12BrN3. The van der Waals surface area contributed by atoms with Crippen LogP contribution >= 0.6 is 15.9 Å². The van der Waals surface area contributed by atoms with Crippen molar-refractivity contribution in [1.29, 1.82) is 5.26 Å². The molecule has 3 aromatic rings. The van der Waals surface area contributed by atoms with Gasteiger partial charge in [0.05, 0.1) is 11.6 Å². The summed E-state index contributed by atoms with van der Waals surface area (Å²) in [6.45, 7) is 0.687. The van der Waals surface area contributed by atoms with Crippen LogP contribution in [-0.2, 0) is 6.54 Å². The van der Waals surface area contributed by atoms with Gasteiger partial charge in [-0.3, -0.25) is 0 Å². The van der Waals surface area contributed by atoms with Crippen molar-refractivity contribution < 1.29 is 0 Å². The summed E-state index contributed by atoms with van der Waals surface area (Å²) in [7, 11) is 0. The third kappa shape index (κ3) is 2.88. The highest BCUT2D eigenvalue weighted by molar-refractivity contribution is 9.10. The number of imidazole rings is 1. The second-order valence-electron chi connectivity index (χ2n) is 4.67. The molecule has 0 aliphatic heterocycles. The van der Waals surface area contributed by atoms with E-state index < -0.39 is 0 Å². The molecule has 4 heteroatoms. The molecule has 102 valence electrons. The van der Waals surface area contributed by atoms with Crippen LogP contribution in [0.4, 0.5) is 0 Å². The van der Waals surface area contributed by atoms with Gasteiger partial charge in [-0.2, -0.15) is 5.26 Å². The Hall–Kier alpha value is -2.38. The van der Waals surface area contributed by atoms with Gasteiger partial charge in [-0.25, -0.2) is 4.98 Å². The SMILES string of the molecule is N#Cc1cccc(Cn2ccnc2-c2ccccc2Br)c1. The molecule has 0 N–H and O–H groups in total. The Bertz CT molecular complexity index is 815. The predicted octanol–water partition coefficient (Wildman–Crippen LogP) is 4.23. The molecule has 21 heavy (non-hydrogen) atoms. The lowest BCUT2D eigenvalue weighted by atomic mass is 10.1. The molecule has 3 rings (SSSR count). The highest BCUT2D eigenvalue weighted by Crippen LogP contribution is 2.27. The van der Waals surface area contributed by atoms with Gasteiger partial charge < -0.3 is 4.57 Å². The zero-order valence-corrected chi connectivity index (χ0v) is 12.8. The van der Waals surface area contributed by atoms with E-state index in [9.17, 15) is 0 Å². The van der Waals surface area contributed by atoms with Crippen LogP contribution in [0.15, 0.2) is 65.4 Å². The number of benzene rings is 2. The molecule has 0 unspecified atom stereocenters. The van der Waals surface area contributed by atoms with Crippen molar-refractivity contribution in [2.75, 3.05) is 0 Å². The Balaban J connectivity index is 1.97. The number of nitrogens with zero attached hydrogens (tertiary/aromatic N) is 3. The molecule has 0 radical (unpaired) electrons. The number of nitriles is 1. The molecule has 0 amide bonds. The summed E-state index contributed by atoms with van der Waals surface area (Å²) in [5.41, 5.74) is 2.81. The number of hydrogen-bond acceptors (Lipinski definition) is 2. The zero-order valence-electron chi connectivity index (χ0n) is 11.2. The summed E-state index contributed by atoms with van der Waals surface area (Å²) in [4.78, 5) is 4.45. The fraction of sp³-hybridized carbons (Fsp3) is 0.0588. The molecule has 1 heterocycles. The first-order valence-corrected chi connectivity index (χ1v) is 7.32. The first-order chi connectivity index (χ1) is 10.3. The summed E-state index contributed by atoms with van der Waals surface area (Å²) in [6, 6.07) is 17.8. The molecular weight excluding hydrogens is 326 g/mol. The molecule has 0 saturated carbocycles. The Morgan fingerprint density at radius 3 is 2.81 bits per heavy atom. The van der Waals surface area contributed by atoms with Crippen molar-refractivity contribution in [3.8, 4) is 17.5 Å². The Morgan fingerprint density at radius 1 is 1.14 bits per heavy atom. The summed E-state index contributed by atoms with van der Waals surface area (Å²) >= 11 is 3.56. The average Bonchev–Trinajstić information content (AvgIpc) is 2.96. The first-order valence-electron chi connectivity index (χ1n) is 6.53. The number of hydrogen-bond donors (Lipinski definition) is 0. The number of aromatic nitrogens is 2. The average molecular weight is 338 g/mol. The Labute approximate surface area is 131 Å². The summed E-state index contributed by atoms with van der Waals surface area (Å²) in [6.07, 6.45) is 3.75. The molecule has 0 saturated heterocycles. The zero-order chi connectivity index (χ0) is 14.7. The maximum absolute atomic E-state index is 8.98. The quantitative estimate of drug-likeness (QED) is 0.717. The maximum atomic E-state index is 8.98. The minimum absolute atomic E-state index is 0.676. The fourth-order valence-corrected chi connectivity index (χ4v) is 2.72.